The highest BCUT2D eigenvalue weighted by Crippen LogP contribution is 2.25. The monoisotopic (exact) mass is 503 g/mol. The number of hydrogen-bond donors (Lipinski definition) is 1. The van der Waals surface area contributed by atoms with Gasteiger partial charge in [0.05, 0.1) is 7.11 Å². The normalized spacial score (nSPS) is 11.5. The molecule has 4 aromatic rings. The van der Waals surface area contributed by atoms with Crippen molar-refractivity contribution in [3.8, 4) is 5.75 Å². The van der Waals surface area contributed by atoms with Gasteiger partial charge in [0, 0.05) is 23.4 Å². The fraction of sp³-hybridized carbons (Fsp3) is 0.179. The molecule has 0 radical (unpaired) electrons. The Labute approximate surface area is 213 Å². The minimum absolute atomic E-state index is 0.0479. The van der Waals surface area contributed by atoms with E-state index in [0.29, 0.717) is 16.9 Å². The summed E-state index contributed by atoms with van der Waals surface area (Å²) in [6.45, 7) is 0.0397. The second-order valence-electron chi connectivity index (χ2n) is 8.01. The predicted molar refractivity (Wildman–Crippen MR) is 137 cm³/mol. The van der Waals surface area contributed by atoms with Gasteiger partial charge in [0.1, 0.15) is 30.6 Å². The Kier molecular flexibility index (Phi) is 8.31. The lowest BCUT2D eigenvalue weighted by Crippen LogP contribution is -2.43. The number of nitrogens with one attached hydrogen (secondary N) is 1. The molecule has 4 rings (SSSR count). The molecule has 1 N–H and O–H groups in total. The molecule has 8 heteroatoms. The van der Waals surface area contributed by atoms with Gasteiger partial charge < -0.3 is 23.9 Å². The summed E-state index contributed by atoms with van der Waals surface area (Å²) in [5.41, 5.74) is 2.91. The Hall–Kier alpha value is -4.17. The Bertz CT molecular complexity index is 1390. The molecule has 1 heterocycles. The topological polar surface area (TPSA) is 87.0 Å². The molecular weight excluding hydrogens is 478 g/mol. The van der Waals surface area contributed by atoms with Crippen LogP contribution in [0.2, 0.25) is 0 Å². The van der Waals surface area contributed by atoms with Gasteiger partial charge in [-0.05, 0) is 41.5 Å². The van der Waals surface area contributed by atoms with Gasteiger partial charge in [0.15, 0.2) is 4.71 Å². The van der Waals surface area contributed by atoms with Crippen LogP contribution in [0.5, 0.6) is 5.75 Å². The van der Waals surface area contributed by atoms with Gasteiger partial charge in [-0.25, -0.2) is 9.59 Å². The quantitative estimate of drug-likeness (QED) is 0.230. The van der Waals surface area contributed by atoms with E-state index in [9.17, 15) is 9.59 Å². The highest BCUT2D eigenvalue weighted by molar-refractivity contribution is 7.71. The highest BCUT2D eigenvalue weighted by atomic mass is 32.1. The summed E-state index contributed by atoms with van der Waals surface area (Å²) in [5.74, 6) is 0.0276. The second kappa shape index (κ2) is 12.0. The summed E-state index contributed by atoms with van der Waals surface area (Å²) >= 11 is 5.23. The molecule has 0 aliphatic heterocycles. The summed E-state index contributed by atoms with van der Waals surface area (Å²) < 4.78 is 22.0. The minimum Gasteiger partial charge on any atom is -0.497 e. The van der Waals surface area contributed by atoms with Crippen molar-refractivity contribution in [2.24, 2.45) is 0 Å². The molecule has 0 spiro atoms. The zero-order valence-electron chi connectivity index (χ0n) is 19.6. The van der Waals surface area contributed by atoms with Gasteiger partial charge in [-0.15, -0.1) is 0 Å². The van der Waals surface area contributed by atoms with Crippen LogP contribution in [0, 0.1) is 4.71 Å². The van der Waals surface area contributed by atoms with Crippen molar-refractivity contribution in [3.63, 3.8) is 0 Å². The Balaban J connectivity index is 1.47. The third kappa shape index (κ3) is 6.70. The summed E-state index contributed by atoms with van der Waals surface area (Å²) in [5, 5.41) is 3.39. The van der Waals surface area contributed by atoms with Crippen molar-refractivity contribution in [2.45, 2.75) is 25.7 Å². The van der Waals surface area contributed by atoms with E-state index < -0.39 is 18.1 Å². The molecule has 36 heavy (non-hydrogen) atoms. The number of benzene rings is 3. The maximum atomic E-state index is 13.1. The lowest BCUT2D eigenvalue weighted by atomic mass is 10.1. The average Bonchev–Trinajstić information content (AvgIpc) is 2.90. The molecule has 1 amide bonds. The fourth-order valence-electron chi connectivity index (χ4n) is 3.66. The van der Waals surface area contributed by atoms with Crippen LogP contribution in [-0.2, 0) is 33.9 Å². The van der Waals surface area contributed by atoms with Crippen molar-refractivity contribution < 1.29 is 28.2 Å². The van der Waals surface area contributed by atoms with E-state index in [2.05, 4.69) is 5.32 Å². The number of alkyl carbamates (subject to hydrolysis) is 1. The van der Waals surface area contributed by atoms with E-state index in [1.165, 1.54) is 0 Å². The molecule has 3 aromatic carbocycles. The van der Waals surface area contributed by atoms with Crippen LogP contribution in [0.4, 0.5) is 4.79 Å². The summed E-state index contributed by atoms with van der Waals surface area (Å²) in [4.78, 5) is 25.6. The van der Waals surface area contributed by atoms with Gasteiger partial charge in [0.25, 0.3) is 0 Å². The first-order chi connectivity index (χ1) is 17.5. The van der Waals surface area contributed by atoms with Crippen molar-refractivity contribution in [1.29, 1.82) is 0 Å². The molecule has 184 valence electrons. The third-order valence-electron chi connectivity index (χ3n) is 5.48. The molecule has 0 saturated heterocycles. The molecule has 1 unspecified atom stereocenters. The van der Waals surface area contributed by atoms with Gasteiger partial charge in [-0.3, -0.25) is 0 Å². The molecule has 7 nitrogen and oxygen atoms in total. The number of fused-ring (bicyclic) bond motifs is 1. The number of carbonyl (C=O) groups excluding carboxylic acids is 2. The van der Waals surface area contributed by atoms with E-state index in [1.807, 2.05) is 66.7 Å². The number of carbonyl (C=O) groups is 2. The lowest BCUT2D eigenvalue weighted by Gasteiger charge is -2.18. The zero-order chi connectivity index (χ0) is 25.3. The molecule has 1 atom stereocenters. The largest absolute Gasteiger partial charge is 0.497 e. The SMILES string of the molecule is COc1ccc2c(COC(=O)C(Cc3ccccc3)NC(=O)OCc3ccccc3)cc(=S)oc2c1. The van der Waals surface area contributed by atoms with Crippen LogP contribution in [0.3, 0.4) is 0 Å². The lowest BCUT2D eigenvalue weighted by molar-refractivity contribution is -0.147. The molecule has 0 aliphatic carbocycles. The number of hydrogen-bond acceptors (Lipinski definition) is 7. The number of ether oxygens (including phenoxy) is 3. The van der Waals surface area contributed by atoms with Crippen LogP contribution >= 0.6 is 12.2 Å². The standard InChI is InChI=1S/C28H25NO6S/c1-32-22-12-13-23-21(15-26(36)35-25(23)16-22)18-33-27(30)24(14-19-8-4-2-5-9-19)29-28(31)34-17-20-10-6-3-7-11-20/h2-13,15-16,24H,14,17-18H2,1H3,(H,29,31). The van der Waals surface area contributed by atoms with Crippen LogP contribution < -0.4 is 10.1 Å². The summed E-state index contributed by atoms with van der Waals surface area (Å²) in [6.07, 6.45) is -0.463. The molecule has 0 saturated carbocycles. The third-order valence-corrected chi connectivity index (χ3v) is 5.68. The van der Waals surface area contributed by atoms with Crippen LogP contribution in [-0.4, -0.2) is 25.2 Å². The smallest absolute Gasteiger partial charge is 0.408 e. The average molecular weight is 504 g/mol. The van der Waals surface area contributed by atoms with Gasteiger partial charge >= 0.3 is 12.1 Å². The predicted octanol–water partition coefficient (Wildman–Crippen LogP) is 5.75. The first kappa shape index (κ1) is 24.9. The van der Waals surface area contributed by atoms with Gasteiger partial charge in [0.2, 0.25) is 0 Å². The maximum Gasteiger partial charge on any atom is 0.408 e. The van der Waals surface area contributed by atoms with Crippen LogP contribution in [0.15, 0.2) is 89.3 Å². The number of methoxy groups -OCH3 is 1. The number of amides is 1. The second-order valence-corrected chi connectivity index (χ2v) is 8.41. The van der Waals surface area contributed by atoms with E-state index in [4.69, 9.17) is 30.8 Å². The maximum absolute atomic E-state index is 13.1. The Morgan fingerprint density at radius 2 is 1.58 bits per heavy atom. The van der Waals surface area contributed by atoms with Gasteiger partial charge in [-0.1, -0.05) is 60.7 Å². The zero-order valence-corrected chi connectivity index (χ0v) is 20.5. The minimum atomic E-state index is -0.946. The summed E-state index contributed by atoms with van der Waals surface area (Å²) in [7, 11) is 1.56. The van der Waals surface area contributed by atoms with E-state index in [0.717, 1.165) is 16.5 Å². The van der Waals surface area contributed by atoms with E-state index in [1.54, 1.807) is 25.3 Å². The highest BCUT2D eigenvalue weighted by Gasteiger charge is 2.24. The first-order valence-corrected chi connectivity index (χ1v) is 11.7. The molecular formula is C28H25NO6S. The summed E-state index contributed by atoms with van der Waals surface area (Å²) in [6, 6.07) is 24.7. The van der Waals surface area contributed by atoms with Crippen molar-refractivity contribution in [2.75, 3.05) is 7.11 Å². The van der Waals surface area contributed by atoms with Gasteiger partial charge in [-0.2, -0.15) is 0 Å². The Morgan fingerprint density at radius 1 is 0.889 bits per heavy atom. The van der Waals surface area contributed by atoms with E-state index in [-0.39, 0.29) is 24.3 Å². The van der Waals surface area contributed by atoms with Crippen LogP contribution in [0.25, 0.3) is 11.0 Å². The van der Waals surface area contributed by atoms with Crippen molar-refractivity contribution in [3.05, 3.63) is 106 Å². The fourth-order valence-corrected chi connectivity index (χ4v) is 3.89. The van der Waals surface area contributed by atoms with E-state index >= 15 is 0 Å². The van der Waals surface area contributed by atoms with Crippen LogP contribution in [0.1, 0.15) is 16.7 Å². The molecule has 0 fully saturated rings. The van der Waals surface area contributed by atoms with Crippen molar-refractivity contribution >= 4 is 35.2 Å². The van der Waals surface area contributed by atoms with Crippen molar-refractivity contribution in [1.82, 2.24) is 5.32 Å². The Morgan fingerprint density at radius 3 is 2.28 bits per heavy atom. The molecule has 0 aliphatic rings. The molecule has 1 aromatic heterocycles. The molecule has 0 bridgehead atoms. The first-order valence-electron chi connectivity index (χ1n) is 11.3. The number of rotatable bonds is 9. The number of esters is 1.